The summed E-state index contributed by atoms with van der Waals surface area (Å²) in [6.45, 7) is 1.18. The van der Waals surface area contributed by atoms with Crippen molar-refractivity contribution < 1.29 is 18.9 Å². The summed E-state index contributed by atoms with van der Waals surface area (Å²) in [4.78, 5) is 22.0. The third kappa shape index (κ3) is 4.49. The van der Waals surface area contributed by atoms with E-state index in [1.165, 1.54) is 19.1 Å². The number of carboxylic acid groups (broad SMARTS) is 1. The first-order valence-electron chi connectivity index (χ1n) is 5.15. The number of hydrogen-bond donors (Lipinski definition) is 2. The zero-order valence-electron chi connectivity index (χ0n) is 9.85. The Hall–Kier alpha value is -1.11. The van der Waals surface area contributed by atoms with Gasteiger partial charge in [-0.15, -0.1) is 0 Å². The summed E-state index contributed by atoms with van der Waals surface area (Å²) < 4.78 is 12.1. The van der Waals surface area contributed by atoms with Crippen molar-refractivity contribution in [3.05, 3.63) is 28.2 Å². The number of aliphatic carboxylic acids is 1. The summed E-state index contributed by atoms with van der Waals surface area (Å²) in [6, 6.07) is 3.35. The maximum Gasteiger partial charge on any atom is 0.327 e. The normalized spacial score (nSPS) is 13.6. The fourth-order valence-electron chi connectivity index (χ4n) is 1.35. The van der Waals surface area contributed by atoms with Crippen molar-refractivity contribution in [1.29, 1.82) is 0 Å². The highest BCUT2D eigenvalue weighted by Gasteiger charge is 2.24. The Bertz CT molecular complexity index is 515. The molecule has 0 spiro atoms. The lowest BCUT2D eigenvalue weighted by atomic mass is 10.3. The third-order valence-corrected chi connectivity index (χ3v) is 4.53. The lowest BCUT2D eigenvalue weighted by Crippen LogP contribution is -2.43. The zero-order valence-corrected chi connectivity index (χ0v) is 12.2. The van der Waals surface area contributed by atoms with Gasteiger partial charge >= 0.3 is 5.97 Å². The molecule has 1 aromatic rings. The van der Waals surface area contributed by atoms with Gasteiger partial charge in [-0.05, 0) is 12.1 Å². The van der Waals surface area contributed by atoms with Crippen molar-refractivity contribution >= 4 is 45.9 Å². The van der Waals surface area contributed by atoms with Crippen molar-refractivity contribution in [2.45, 2.75) is 17.9 Å². The number of rotatable bonds is 5. The smallest absolute Gasteiger partial charge is 0.327 e. The lowest BCUT2D eigenvalue weighted by molar-refractivity contribution is -0.140. The van der Waals surface area contributed by atoms with Crippen LogP contribution in [0.15, 0.2) is 23.1 Å². The van der Waals surface area contributed by atoms with Crippen LogP contribution in [0, 0.1) is 0 Å². The van der Waals surface area contributed by atoms with Gasteiger partial charge in [0.15, 0.2) is 0 Å². The first-order chi connectivity index (χ1) is 8.82. The molecule has 104 valence electrons. The van der Waals surface area contributed by atoms with Crippen molar-refractivity contribution in [1.82, 2.24) is 5.32 Å². The average Bonchev–Trinajstić information content (AvgIpc) is 2.27. The van der Waals surface area contributed by atoms with E-state index in [-0.39, 0.29) is 20.7 Å². The molecule has 1 rings (SSSR count). The SMILES string of the molecule is CC(=O)NC(CS(=O)c1c(Cl)cccc1Cl)C(=O)O. The number of benzene rings is 1. The Balaban J connectivity index is 2.94. The standard InChI is InChI=1S/C11H11Cl2NO4S/c1-6(15)14-9(11(16)17)5-19(18)10-7(12)3-2-4-8(10)13/h2-4,9H,5H2,1H3,(H,14,15)(H,16,17). The molecule has 2 unspecified atom stereocenters. The van der Waals surface area contributed by atoms with Crippen molar-refractivity contribution in [2.75, 3.05) is 5.75 Å². The quantitative estimate of drug-likeness (QED) is 0.863. The molecule has 0 aliphatic carbocycles. The molecule has 0 heterocycles. The molecule has 2 N–H and O–H groups in total. The molecular weight excluding hydrogens is 313 g/mol. The summed E-state index contributed by atoms with van der Waals surface area (Å²) in [5.74, 6) is -2.10. The zero-order chi connectivity index (χ0) is 14.6. The van der Waals surface area contributed by atoms with Gasteiger partial charge in [0, 0.05) is 6.92 Å². The Labute approximate surface area is 122 Å². The highest BCUT2D eigenvalue weighted by Crippen LogP contribution is 2.27. The second-order valence-electron chi connectivity index (χ2n) is 3.65. The van der Waals surface area contributed by atoms with Gasteiger partial charge in [0.1, 0.15) is 6.04 Å². The highest BCUT2D eigenvalue weighted by atomic mass is 35.5. The number of halogens is 2. The first kappa shape index (κ1) is 15.9. The third-order valence-electron chi connectivity index (χ3n) is 2.14. The fourth-order valence-corrected chi connectivity index (χ4v) is 3.53. The Kier molecular flexibility index (Phi) is 5.78. The maximum absolute atomic E-state index is 12.1. The van der Waals surface area contributed by atoms with Gasteiger partial charge in [-0.25, -0.2) is 4.79 Å². The summed E-state index contributed by atoms with van der Waals surface area (Å²) in [7, 11) is -1.73. The van der Waals surface area contributed by atoms with Gasteiger partial charge in [-0.2, -0.15) is 0 Å². The second kappa shape index (κ2) is 6.88. The van der Waals surface area contributed by atoms with E-state index in [2.05, 4.69) is 5.32 Å². The van der Waals surface area contributed by atoms with Crippen LogP contribution in [0.4, 0.5) is 0 Å². The number of hydrogen-bond acceptors (Lipinski definition) is 3. The molecule has 1 amide bonds. The van der Waals surface area contributed by atoms with Gasteiger partial charge < -0.3 is 10.4 Å². The van der Waals surface area contributed by atoms with Gasteiger partial charge in [-0.1, -0.05) is 29.3 Å². The summed E-state index contributed by atoms with van der Waals surface area (Å²) in [5, 5.41) is 11.5. The predicted octanol–water partition coefficient (Wildman–Crippen LogP) is 1.69. The number of amides is 1. The molecule has 1 aromatic carbocycles. The molecule has 8 heteroatoms. The van der Waals surface area contributed by atoms with Gasteiger partial charge in [0.05, 0.1) is 31.5 Å². The van der Waals surface area contributed by atoms with Crippen LogP contribution in [0.3, 0.4) is 0 Å². The van der Waals surface area contributed by atoms with E-state index >= 15 is 0 Å². The Morgan fingerprint density at radius 3 is 2.32 bits per heavy atom. The van der Waals surface area contributed by atoms with Crippen LogP contribution in [-0.4, -0.2) is 33.0 Å². The van der Waals surface area contributed by atoms with E-state index in [0.29, 0.717) is 0 Å². The van der Waals surface area contributed by atoms with E-state index < -0.39 is 28.7 Å². The van der Waals surface area contributed by atoms with Crippen LogP contribution in [0.1, 0.15) is 6.92 Å². The Morgan fingerprint density at radius 2 is 1.89 bits per heavy atom. The van der Waals surface area contributed by atoms with E-state index in [9.17, 15) is 13.8 Å². The molecule has 19 heavy (non-hydrogen) atoms. The molecular formula is C11H11Cl2NO4S. The summed E-state index contributed by atoms with van der Waals surface area (Å²) in [6.07, 6.45) is 0. The van der Waals surface area contributed by atoms with E-state index in [4.69, 9.17) is 28.3 Å². The van der Waals surface area contributed by atoms with Crippen molar-refractivity contribution in [3.63, 3.8) is 0 Å². The molecule has 2 atom stereocenters. The second-order valence-corrected chi connectivity index (χ2v) is 5.90. The van der Waals surface area contributed by atoms with Crippen LogP contribution in [0.2, 0.25) is 10.0 Å². The molecule has 0 saturated heterocycles. The topological polar surface area (TPSA) is 83.5 Å². The van der Waals surface area contributed by atoms with E-state index in [1.807, 2.05) is 0 Å². The maximum atomic E-state index is 12.1. The van der Waals surface area contributed by atoms with Crippen molar-refractivity contribution in [3.8, 4) is 0 Å². The first-order valence-corrected chi connectivity index (χ1v) is 7.22. The van der Waals surface area contributed by atoms with Crippen molar-refractivity contribution in [2.24, 2.45) is 0 Å². The van der Waals surface area contributed by atoms with Crippen LogP contribution in [0.5, 0.6) is 0 Å². The minimum atomic E-state index is -1.73. The lowest BCUT2D eigenvalue weighted by Gasteiger charge is -2.14. The van der Waals surface area contributed by atoms with E-state index in [1.54, 1.807) is 6.07 Å². The van der Waals surface area contributed by atoms with Crippen LogP contribution >= 0.6 is 23.2 Å². The summed E-state index contributed by atoms with van der Waals surface area (Å²) in [5.41, 5.74) is 0. The number of carboxylic acids is 1. The van der Waals surface area contributed by atoms with E-state index in [0.717, 1.165) is 0 Å². The Morgan fingerprint density at radius 1 is 1.37 bits per heavy atom. The van der Waals surface area contributed by atoms with Gasteiger partial charge in [-0.3, -0.25) is 9.00 Å². The van der Waals surface area contributed by atoms with Gasteiger partial charge in [0.2, 0.25) is 5.91 Å². The van der Waals surface area contributed by atoms with Gasteiger partial charge in [0.25, 0.3) is 0 Å². The molecule has 0 radical (unpaired) electrons. The van der Waals surface area contributed by atoms with Crippen LogP contribution in [-0.2, 0) is 20.4 Å². The minimum Gasteiger partial charge on any atom is -0.480 e. The number of carbonyl (C=O) groups is 2. The minimum absolute atomic E-state index is 0.169. The largest absolute Gasteiger partial charge is 0.480 e. The van der Waals surface area contributed by atoms with Crippen LogP contribution < -0.4 is 5.32 Å². The molecule has 0 aromatic heterocycles. The molecule has 5 nitrogen and oxygen atoms in total. The summed E-state index contributed by atoms with van der Waals surface area (Å²) >= 11 is 11.8. The monoisotopic (exact) mass is 323 g/mol. The fraction of sp³-hybridized carbons (Fsp3) is 0.273. The molecule has 0 saturated carbocycles. The number of carbonyl (C=O) groups excluding carboxylic acids is 1. The number of nitrogens with one attached hydrogen (secondary N) is 1. The molecule has 0 fully saturated rings. The highest BCUT2D eigenvalue weighted by molar-refractivity contribution is 7.85. The average molecular weight is 324 g/mol. The van der Waals surface area contributed by atoms with Crippen LogP contribution in [0.25, 0.3) is 0 Å². The molecule has 0 bridgehead atoms. The predicted molar refractivity (Wildman–Crippen MR) is 73.0 cm³/mol. The molecule has 0 aliphatic rings. The molecule has 0 aliphatic heterocycles.